The van der Waals surface area contributed by atoms with Gasteiger partial charge in [0.2, 0.25) is 15.9 Å². The van der Waals surface area contributed by atoms with Crippen LogP contribution in [-0.2, 0) is 21.2 Å². The summed E-state index contributed by atoms with van der Waals surface area (Å²) in [6.07, 6.45) is 1.05. The highest BCUT2D eigenvalue weighted by molar-refractivity contribution is 7.89. The molecule has 0 unspecified atom stereocenters. The minimum atomic E-state index is -3.69. The third kappa shape index (κ3) is 6.74. The molecule has 0 aliphatic heterocycles. The first-order chi connectivity index (χ1) is 13.3. The zero-order valence-electron chi connectivity index (χ0n) is 15.6. The smallest absolute Gasteiger partial charge is 0.240 e. The highest BCUT2D eigenvalue weighted by Gasteiger charge is 2.14. The van der Waals surface area contributed by atoms with Crippen molar-refractivity contribution >= 4 is 33.3 Å². The van der Waals surface area contributed by atoms with E-state index in [1.54, 1.807) is 24.3 Å². The van der Waals surface area contributed by atoms with Crippen molar-refractivity contribution in [3.63, 3.8) is 0 Å². The van der Waals surface area contributed by atoms with Crippen molar-refractivity contribution < 1.29 is 18.0 Å². The largest absolute Gasteiger partial charge is 0.355 e. The van der Waals surface area contributed by atoms with Gasteiger partial charge in [-0.1, -0.05) is 48.9 Å². The fourth-order valence-electron chi connectivity index (χ4n) is 2.49. The van der Waals surface area contributed by atoms with E-state index < -0.39 is 10.0 Å². The summed E-state index contributed by atoms with van der Waals surface area (Å²) in [5, 5.41) is 2.92. The number of Topliss-reactive ketones (excluding diaryl/α,β-unsaturated/α-hetero) is 1. The van der Waals surface area contributed by atoms with E-state index in [1.165, 1.54) is 12.1 Å². The molecule has 0 spiro atoms. The Morgan fingerprint density at radius 3 is 2.36 bits per heavy atom. The summed E-state index contributed by atoms with van der Waals surface area (Å²) in [4.78, 5) is 24.0. The minimum Gasteiger partial charge on any atom is -0.355 e. The molecule has 2 N–H and O–H groups in total. The van der Waals surface area contributed by atoms with Gasteiger partial charge < -0.3 is 5.32 Å². The van der Waals surface area contributed by atoms with Gasteiger partial charge in [0.1, 0.15) is 0 Å². The van der Waals surface area contributed by atoms with Crippen molar-refractivity contribution in [3.8, 4) is 0 Å². The van der Waals surface area contributed by atoms with Crippen LogP contribution >= 0.6 is 11.6 Å². The Bertz CT molecular complexity index is 927. The quantitative estimate of drug-likeness (QED) is 0.454. The molecule has 0 fully saturated rings. The first-order valence-electron chi connectivity index (χ1n) is 8.96. The van der Waals surface area contributed by atoms with Gasteiger partial charge in [0.05, 0.1) is 4.90 Å². The van der Waals surface area contributed by atoms with Gasteiger partial charge in [-0.25, -0.2) is 13.1 Å². The van der Waals surface area contributed by atoms with Gasteiger partial charge in [-0.2, -0.15) is 0 Å². The highest BCUT2D eigenvalue weighted by Crippen LogP contribution is 2.14. The molecule has 2 aromatic rings. The van der Waals surface area contributed by atoms with Crippen molar-refractivity contribution in [1.29, 1.82) is 0 Å². The molecule has 150 valence electrons. The number of rotatable bonds is 10. The van der Waals surface area contributed by atoms with E-state index in [0.29, 0.717) is 10.6 Å². The average molecular weight is 423 g/mol. The third-order valence-corrected chi connectivity index (χ3v) is 5.80. The Morgan fingerprint density at radius 1 is 1.00 bits per heavy atom. The second kappa shape index (κ2) is 10.4. The standard InChI is InChI=1S/C20H23ClN2O4S/c1-2-15-6-8-16(9-7-15)19(24)10-11-20(25)22-12-13-23-28(26,27)18-5-3-4-17(21)14-18/h3-9,14,23H,2,10-13H2,1H3,(H,22,25). The maximum absolute atomic E-state index is 12.1. The number of halogens is 1. The minimum absolute atomic E-state index is 0.0347. The molecule has 0 aliphatic rings. The normalized spacial score (nSPS) is 11.2. The maximum atomic E-state index is 12.1. The summed E-state index contributed by atoms with van der Waals surface area (Å²) in [6, 6.07) is 13.3. The molecule has 1 amide bonds. The number of carbonyl (C=O) groups is 2. The fourth-order valence-corrected chi connectivity index (χ4v) is 3.82. The van der Waals surface area contributed by atoms with Gasteiger partial charge in [0.15, 0.2) is 5.78 Å². The number of hydrogen-bond acceptors (Lipinski definition) is 4. The Hall–Kier alpha value is -2.22. The lowest BCUT2D eigenvalue weighted by molar-refractivity contribution is -0.121. The molecule has 0 saturated carbocycles. The van der Waals surface area contributed by atoms with Crippen LogP contribution in [0.4, 0.5) is 0 Å². The molecular formula is C20H23ClN2O4S. The molecule has 0 heterocycles. The average Bonchev–Trinajstić information content (AvgIpc) is 2.69. The van der Waals surface area contributed by atoms with Crippen LogP contribution in [0.25, 0.3) is 0 Å². The zero-order chi connectivity index (χ0) is 20.6. The fraction of sp³-hybridized carbons (Fsp3) is 0.300. The summed E-state index contributed by atoms with van der Waals surface area (Å²) >= 11 is 5.80. The summed E-state index contributed by atoms with van der Waals surface area (Å²) in [5.41, 5.74) is 1.73. The Labute approximate surface area is 170 Å². The number of carbonyl (C=O) groups excluding carboxylic acids is 2. The van der Waals surface area contributed by atoms with Crippen LogP contribution in [0.2, 0.25) is 5.02 Å². The number of hydrogen-bond donors (Lipinski definition) is 2. The van der Waals surface area contributed by atoms with E-state index >= 15 is 0 Å². The molecule has 0 radical (unpaired) electrons. The molecule has 0 bridgehead atoms. The van der Waals surface area contributed by atoms with E-state index in [0.717, 1.165) is 12.0 Å². The molecule has 0 saturated heterocycles. The van der Waals surface area contributed by atoms with E-state index in [9.17, 15) is 18.0 Å². The molecular weight excluding hydrogens is 400 g/mol. The number of sulfonamides is 1. The van der Waals surface area contributed by atoms with Crippen LogP contribution in [0.3, 0.4) is 0 Å². The van der Waals surface area contributed by atoms with Crippen molar-refractivity contribution in [2.24, 2.45) is 0 Å². The highest BCUT2D eigenvalue weighted by atomic mass is 35.5. The second-order valence-corrected chi connectivity index (χ2v) is 8.38. The SMILES string of the molecule is CCc1ccc(C(=O)CCC(=O)NCCNS(=O)(=O)c2cccc(Cl)c2)cc1. The van der Waals surface area contributed by atoms with Crippen molar-refractivity contribution in [1.82, 2.24) is 10.0 Å². The van der Waals surface area contributed by atoms with Crippen molar-refractivity contribution in [2.75, 3.05) is 13.1 Å². The van der Waals surface area contributed by atoms with Crippen molar-refractivity contribution in [2.45, 2.75) is 31.1 Å². The van der Waals surface area contributed by atoms with Crippen molar-refractivity contribution in [3.05, 3.63) is 64.7 Å². The molecule has 28 heavy (non-hydrogen) atoms. The number of nitrogens with one attached hydrogen (secondary N) is 2. The Balaban J connectivity index is 1.71. The predicted octanol–water partition coefficient (Wildman–Crippen LogP) is 2.96. The molecule has 2 rings (SSSR count). The molecule has 8 heteroatoms. The molecule has 6 nitrogen and oxygen atoms in total. The summed E-state index contributed by atoms with van der Waals surface area (Å²) < 4.78 is 26.6. The zero-order valence-corrected chi connectivity index (χ0v) is 17.1. The van der Waals surface area contributed by atoms with E-state index in [1.807, 2.05) is 19.1 Å². The lowest BCUT2D eigenvalue weighted by Gasteiger charge is -2.08. The summed E-state index contributed by atoms with van der Waals surface area (Å²) in [7, 11) is -3.69. The van der Waals surface area contributed by atoms with E-state index in [4.69, 9.17) is 11.6 Å². The topological polar surface area (TPSA) is 92.3 Å². The Kier molecular flexibility index (Phi) is 8.17. The van der Waals surface area contributed by atoms with Crippen LogP contribution < -0.4 is 10.0 Å². The molecule has 2 aromatic carbocycles. The number of ketones is 1. The molecule has 0 aromatic heterocycles. The van der Waals surface area contributed by atoms with Crippen LogP contribution in [0.15, 0.2) is 53.4 Å². The first kappa shape index (κ1) is 22.1. The number of amides is 1. The van der Waals surface area contributed by atoms with Crippen LogP contribution in [0.1, 0.15) is 35.7 Å². The number of benzene rings is 2. The van der Waals surface area contributed by atoms with Gasteiger partial charge in [-0.15, -0.1) is 0 Å². The molecule has 0 aliphatic carbocycles. The van der Waals surface area contributed by atoms with Gasteiger partial charge in [-0.3, -0.25) is 9.59 Å². The van der Waals surface area contributed by atoms with Gasteiger partial charge in [-0.05, 0) is 30.2 Å². The first-order valence-corrected chi connectivity index (χ1v) is 10.8. The van der Waals surface area contributed by atoms with Gasteiger partial charge in [0, 0.05) is 36.5 Å². The predicted molar refractivity (Wildman–Crippen MR) is 109 cm³/mol. The second-order valence-electron chi connectivity index (χ2n) is 6.18. The van der Waals surface area contributed by atoms with E-state index in [-0.39, 0.29) is 42.5 Å². The Morgan fingerprint density at radius 2 is 1.71 bits per heavy atom. The third-order valence-electron chi connectivity index (χ3n) is 4.11. The number of aryl methyl sites for hydroxylation is 1. The summed E-state index contributed by atoms with van der Waals surface area (Å²) in [5.74, 6) is -0.403. The van der Waals surface area contributed by atoms with Crippen LogP contribution in [0, 0.1) is 0 Å². The van der Waals surface area contributed by atoms with Crippen LogP contribution in [0.5, 0.6) is 0 Å². The van der Waals surface area contributed by atoms with E-state index in [2.05, 4.69) is 10.0 Å². The molecule has 0 atom stereocenters. The monoisotopic (exact) mass is 422 g/mol. The van der Waals surface area contributed by atoms with Crippen LogP contribution in [-0.4, -0.2) is 33.2 Å². The lowest BCUT2D eigenvalue weighted by atomic mass is 10.0. The maximum Gasteiger partial charge on any atom is 0.240 e. The van der Waals surface area contributed by atoms with Gasteiger partial charge >= 0.3 is 0 Å². The summed E-state index contributed by atoms with van der Waals surface area (Å²) in [6.45, 7) is 2.20. The van der Waals surface area contributed by atoms with Gasteiger partial charge in [0.25, 0.3) is 0 Å². The lowest BCUT2D eigenvalue weighted by Crippen LogP contribution is -2.34.